The van der Waals surface area contributed by atoms with Gasteiger partial charge in [0.25, 0.3) is 0 Å². The molecule has 1 amide bonds. The molecule has 0 aromatic heterocycles. The SMILES string of the molecule is C[C@@]12C=C[C@@H](O1)[C@@H](C(=O)O)[C@@H]2C(=O)Nc1ccccc1C#N. The first-order valence-corrected chi connectivity index (χ1v) is 6.86. The van der Waals surface area contributed by atoms with Crippen LogP contribution in [-0.2, 0) is 14.3 Å². The van der Waals surface area contributed by atoms with Crippen LogP contribution in [0.15, 0.2) is 36.4 Å². The standard InChI is InChI=1S/C16H14N2O4/c1-16-7-6-11(22-16)12(15(20)21)13(16)14(19)18-10-5-3-2-4-9(10)8-17/h2-7,11-13H,1H3,(H,18,19)(H,20,21)/t11-,12-,13-,16+/m1/s1. The number of carboxylic acids is 1. The molecule has 2 aliphatic rings. The topological polar surface area (TPSA) is 99.4 Å². The van der Waals surface area contributed by atoms with E-state index in [4.69, 9.17) is 10.00 Å². The van der Waals surface area contributed by atoms with Crippen LogP contribution in [0.3, 0.4) is 0 Å². The van der Waals surface area contributed by atoms with Crippen molar-refractivity contribution in [2.24, 2.45) is 11.8 Å². The molecule has 0 saturated carbocycles. The fraction of sp³-hybridized carbons (Fsp3) is 0.312. The van der Waals surface area contributed by atoms with E-state index in [1.165, 1.54) is 0 Å². The number of nitriles is 1. The first-order valence-electron chi connectivity index (χ1n) is 6.86. The van der Waals surface area contributed by atoms with E-state index in [2.05, 4.69) is 5.32 Å². The van der Waals surface area contributed by atoms with E-state index in [-0.39, 0.29) is 0 Å². The third kappa shape index (κ3) is 2.07. The number of carbonyl (C=O) groups excluding carboxylic acids is 1. The summed E-state index contributed by atoms with van der Waals surface area (Å²) in [5, 5.41) is 21.1. The first-order chi connectivity index (χ1) is 10.5. The van der Waals surface area contributed by atoms with Gasteiger partial charge in [-0.15, -0.1) is 0 Å². The Morgan fingerprint density at radius 2 is 2.14 bits per heavy atom. The predicted octanol–water partition coefficient (Wildman–Crippen LogP) is 1.54. The number of hydrogen-bond donors (Lipinski definition) is 2. The molecular formula is C16H14N2O4. The number of amides is 1. The number of aliphatic carboxylic acids is 1. The van der Waals surface area contributed by atoms with Crippen molar-refractivity contribution in [3.8, 4) is 6.07 Å². The zero-order valence-electron chi connectivity index (χ0n) is 11.8. The van der Waals surface area contributed by atoms with Crippen molar-refractivity contribution in [1.82, 2.24) is 0 Å². The third-order valence-corrected chi connectivity index (χ3v) is 4.21. The number of carbonyl (C=O) groups is 2. The third-order valence-electron chi connectivity index (χ3n) is 4.21. The van der Waals surface area contributed by atoms with Crippen LogP contribution in [0.4, 0.5) is 5.69 Å². The maximum Gasteiger partial charge on any atom is 0.310 e. The number of para-hydroxylation sites is 1. The van der Waals surface area contributed by atoms with E-state index in [0.29, 0.717) is 11.3 Å². The summed E-state index contributed by atoms with van der Waals surface area (Å²) in [5.41, 5.74) is -0.235. The highest BCUT2D eigenvalue weighted by Crippen LogP contribution is 2.47. The smallest absolute Gasteiger partial charge is 0.310 e. The van der Waals surface area contributed by atoms with Gasteiger partial charge in [-0.25, -0.2) is 0 Å². The predicted molar refractivity (Wildman–Crippen MR) is 76.8 cm³/mol. The van der Waals surface area contributed by atoms with Crippen molar-refractivity contribution in [1.29, 1.82) is 5.26 Å². The van der Waals surface area contributed by atoms with Gasteiger partial charge in [0, 0.05) is 0 Å². The molecule has 2 aliphatic heterocycles. The van der Waals surface area contributed by atoms with E-state index in [1.807, 2.05) is 6.07 Å². The maximum atomic E-state index is 12.6. The summed E-state index contributed by atoms with van der Waals surface area (Å²) in [7, 11) is 0. The van der Waals surface area contributed by atoms with Gasteiger partial charge in [0.1, 0.15) is 12.0 Å². The molecule has 0 radical (unpaired) electrons. The van der Waals surface area contributed by atoms with E-state index >= 15 is 0 Å². The first kappa shape index (κ1) is 14.3. The Morgan fingerprint density at radius 3 is 2.82 bits per heavy atom. The summed E-state index contributed by atoms with van der Waals surface area (Å²) in [5.74, 6) is -3.28. The summed E-state index contributed by atoms with van der Waals surface area (Å²) in [6.07, 6.45) is 2.83. The minimum absolute atomic E-state index is 0.326. The molecule has 4 atom stereocenters. The average molecular weight is 298 g/mol. The molecule has 1 aromatic rings. The van der Waals surface area contributed by atoms with Crippen LogP contribution in [0, 0.1) is 23.2 Å². The van der Waals surface area contributed by atoms with Gasteiger partial charge in [-0.3, -0.25) is 9.59 Å². The van der Waals surface area contributed by atoms with Crippen LogP contribution in [0.5, 0.6) is 0 Å². The quantitative estimate of drug-likeness (QED) is 0.825. The second-order valence-electron chi connectivity index (χ2n) is 5.61. The Kier molecular flexibility index (Phi) is 3.23. The van der Waals surface area contributed by atoms with E-state index in [9.17, 15) is 14.7 Å². The summed E-state index contributed by atoms with van der Waals surface area (Å²) < 4.78 is 5.64. The van der Waals surface area contributed by atoms with Crippen molar-refractivity contribution >= 4 is 17.6 Å². The minimum atomic E-state index is -1.06. The number of benzene rings is 1. The van der Waals surface area contributed by atoms with Crippen molar-refractivity contribution in [2.45, 2.75) is 18.6 Å². The molecule has 112 valence electrons. The number of fused-ring (bicyclic) bond motifs is 2. The fourth-order valence-electron chi connectivity index (χ4n) is 3.18. The van der Waals surface area contributed by atoms with Crippen molar-refractivity contribution < 1.29 is 19.4 Å². The Labute approximate surface area is 127 Å². The lowest BCUT2D eigenvalue weighted by Crippen LogP contribution is -2.44. The number of carboxylic acid groups (broad SMARTS) is 1. The monoisotopic (exact) mass is 298 g/mol. The van der Waals surface area contributed by atoms with Crippen molar-refractivity contribution in [3.63, 3.8) is 0 Å². The largest absolute Gasteiger partial charge is 0.481 e. The second-order valence-corrected chi connectivity index (χ2v) is 5.61. The molecule has 1 fully saturated rings. The van der Waals surface area contributed by atoms with Gasteiger partial charge in [-0.1, -0.05) is 24.3 Å². The molecule has 0 spiro atoms. The van der Waals surface area contributed by atoms with Gasteiger partial charge in [-0.2, -0.15) is 5.26 Å². The van der Waals surface area contributed by atoms with E-state index in [1.54, 1.807) is 43.3 Å². The number of rotatable bonds is 3. The lowest BCUT2D eigenvalue weighted by Gasteiger charge is -2.27. The molecule has 6 nitrogen and oxygen atoms in total. The normalized spacial score (nSPS) is 31.7. The van der Waals surface area contributed by atoms with Crippen LogP contribution in [-0.4, -0.2) is 28.7 Å². The molecule has 2 bridgehead atoms. The van der Waals surface area contributed by atoms with Gasteiger partial charge in [0.2, 0.25) is 5.91 Å². The summed E-state index contributed by atoms with van der Waals surface area (Å²) >= 11 is 0. The fourth-order valence-corrected chi connectivity index (χ4v) is 3.18. The molecule has 6 heteroatoms. The van der Waals surface area contributed by atoms with Crippen LogP contribution < -0.4 is 5.32 Å². The highest BCUT2D eigenvalue weighted by atomic mass is 16.5. The average Bonchev–Trinajstić information content (AvgIpc) is 3.00. The van der Waals surface area contributed by atoms with Gasteiger partial charge < -0.3 is 15.2 Å². The number of nitrogens with zero attached hydrogens (tertiary/aromatic N) is 1. The molecule has 22 heavy (non-hydrogen) atoms. The highest BCUT2D eigenvalue weighted by Gasteiger charge is 2.59. The summed E-state index contributed by atoms with van der Waals surface area (Å²) in [4.78, 5) is 24.1. The zero-order chi connectivity index (χ0) is 15.9. The van der Waals surface area contributed by atoms with Crippen LogP contribution in [0.1, 0.15) is 12.5 Å². The van der Waals surface area contributed by atoms with Gasteiger partial charge in [-0.05, 0) is 19.1 Å². The number of ether oxygens (including phenoxy) is 1. The molecular weight excluding hydrogens is 284 g/mol. The molecule has 1 saturated heterocycles. The summed E-state index contributed by atoms with van der Waals surface area (Å²) in [6, 6.07) is 8.58. The Bertz CT molecular complexity index is 721. The lowest BCUT2D eigenvalue weighted by molar-refractivity contribution is -0.146. The van der Waals surface area contributed by atoms with Crippen LogP contribution >= 0.6 is 0 Å². The molecule has 1 aromatic carbocycles. The molecule has 2 N–H and O–H groups in total. The van der Waals surface area contributed by atoms with E-state index in [0.717, 1.165) is 0 Å². The van der Waals surface area contributed by atoms with Gasteiger partial charge >= 0.3 is 5.97 Å². The number of nitrogens with one attached hydrogen (secondary N) is 1. The summed E-state index contributed by atoms with van der Waals surface area (Å²) in [6.45, 7) is 1.70. The number of anilines is 1. The minimum Gasteiger partial charge on any atom is -0.481 e. The molecule has 0 unspecified atom stereocenters. The van der Waals surface area contributed by atoms with Crippen molar-refractivity contribution in [2.75, 3.05) is 5.32 Å². The van der Waals surface area contributed by atoms with Gasteiger partial charge in [0.15, 0.2) is 0 Å². The molecule has 3 rings (SSSR count). The van der Waals surface area contributed by atoms with Gasteiger partial charge in [0.05, 0.1) is 28.9 Å². The second kappa shape index (κ2) is 4.97. The molecule has 2 heterocycles. The Balaban J connectivity index is 1.90. The lowest BCUT2D eigenvalue weighted by atomic mass is 9.75. The van der Waals surface area contributed by atoms with E-state index < -0.39 is 35.4 Å². The Hall–Kier alpha value is -2.65. The Morgan fingerprint density at radius 1 is 1.41 bits per heavy atom. The highest BCUT2D eigenvalue weighted by molar-refractivity contribution is 5.98. The number of hydrogen-bond acceptors (Lipinski definition) is 4. The maximum absolute atomic E-state index is 12.6. The van der Waals surface area contributed by atoms with Crippen LogP contribution in [0.2, 0.25) is 0 Å². The zero-order valence-corrected chi connectivity index (χ0v) is 11.8. The van der Waals surface area contributed by atoms with Crippen molar-refractivity contribution in [3.05, 3.63) is 42.0 Å². The molecule has 0 aliphatic carbocycles. The van der Waals surface area contributed by atoms with Crippen LogP contribution in [0.25, 0.3) is 0 Å².